The van der Waals surface area contributed by atoms with Crippen LogP contribution in [0, 0.1) is 0 Å². The van der Waals surface area contributed by atoms with E-state index in [4.69, 9.17) is 0 Å². The first-order chi connectivity index (χ1) is 6.96. The second kappa shape index (κ2) is 6.98. The van der Waals surface area contributed by atoms with Crippen LogP contribution in [0.15, 0.2) is 12.7 Å². The zero-order chi connectivity index (χ0) is 11.9. The Morgan fingerprint density at radius 1 is 1.53 bits per heavy atom. The van der Waals surface area contributed by atoms with Gasteiger partial charge in [0.1, 0.15) is 0 Å². The molecule has 0 amide bonds. The van der Waals surface area contributed by atoms with Gasteiger partial charge in [0.2, 0.25) is 10.0 Å². The summed E-state index contributed by atoms with van der Waals surface area (Å²) >= 11 is 0. The molecule has 0 saturated heterocycles. The number of hydrogen-bond donors (Lipinski definition) is 1. The van der Waals surface area contributed by atoms with Gasteiger partial charge in [-0.2, -0.15) is 0 Å². The number of hydrogen-bond acceptors (Lipinski definition) is 3. The van der Waals surface area contributed by atoms with E-state index in [1.807, 2.05) is 0 Å². The number of nitrogens with zero attached hydrogens (tertiary/aromatic N) is 1. The average Bonchev–Trinajstić information content (AvgIpc) is 2.18. The molecule has 15 heavy (non-hydrogen) atoms. The van der Waals surface area contributed by atoms with E-state index in [1.54, 1.807) is 27.1 Å². The molecule has 1 N–H and O–H groups in total. The quantitative estimate of drug-likeness (QED) is 0.500. The Hall–Kier alpha value is -0.390. The lowest BCUT2D eigenvalue weighted by Crippen LogP contribution is -2.39. The Kier molecular flexibility index (Phi) is 6.80. The highest BCUT2D eigenvalue weighted by Gasteiger charge is 2.24. The van der Waals surface area contributed by atoms with Gasteiger partial charge in [-0.1, -0.05) is 6.08 Å². The molecule has 0 bridgehead atoms. The van der Waals surface area contributed by atoms with Gasteiger partial charge in [-0.25, -0.2) is 12.7 Å². The van der Waals surface area contributed by atoms with Gasteiger partial charge in [0, 0.05) is 20.1 Å². The van der Waals surface area contributed by atoms with E-state index in [9.17, 15) is 8.42 Å². The third-order valence-electron chi connectivity index (χ3n) is 2.32. The molecule has 0 aromatic rings. The van der Waals surface area contributed by atoms with Crippen LogP contribution < -0.4 is 5.32 Å². The molecule has 0 aliphatic carbocycles. The fourth-order valence-electron chi connectivity index (χ4n) is 1.29. The van der Waals surface area contributed by atoms with Crippen LogP contribution in [0.3, 0.4) is 0 Å². The van der Waals surface area contributed by atoms with Gasteiger partial charge in [0.05, 0.1) is 5.25 Å². The minimum absolute atomic E-state index is 0.378. The molecule has 0 radical (unpaired) electrons. The molecule has 90 valence electrons. The lowest BCUT2D eigenvalue weighted by molar-refractivity contribution is 0.452. The van der Waals surface area contributed by atoms with Crippen LogP contribution in [0.1, 0.15) is 19.8 Å². The number of nitrogens with one attached hydrogen (secondary N) is 1. The summed E-state index contributed by atoms with van der Waals surface area (Å²) in [6.45, 7) is 6.36. The van der Waals surface area contributed by atoms with Crippen molar-refractivity contribution in [3.05, 3.63) is 12.7 Å². The third kappa shape index (κ3) is 4.77. The van der Waals surface area contributed by atoms with Gasteiger partial charge in [0.15, 0.2) is 0 Å². The molecule has 0 spiro atoms. The normalized spacial score (nSPS) is 14.1. The van der Waals surface area contributed by atoms with Crippen molar-refractivity contribution >= 4 is 10.0 Å². The summed E-state index contributed by atoms with van der Waals surface area (Å²) in [7, 11) is 0.238. The minimum atomic E-state index is -3.15. The first kappa shape index (κ1) is 14.6. The van der Waals surface area contributed by atoms with E-state index in [0.717, 1.165) is 12.8 Å². The topological polar surface area (TPSA) is 49.4 Å². The molecule has 4 nitrogen and oxygen atoms in total. The summed E-state index contributed by atoms with van der Waals surface area (Å²) in [6.07, 6.45) is 3.48. The molecule has 0 heterocycles. The fourth-order valence-corrected chi connectivity index (χ4v) is 2.66. The van der Waals surface area contributed by atoms with Crippen molar-refractivity contribution in [2.24, 2.45) is 0 Å². The second-order valence-corrected chi connectivity index (χ2v) is 6.12. The Morgan fingerprint density at radius 3 is 2.60 bits per heavy atom. The van der Waals surface area contributed by atoms with Crippen LogP contribution >= 0.6 is 0 Å². The monoisotopic (exact) mass is 234 g/mol. The van der Waals surface area contributed by atoms with Crippen LogP contribution in [0.4, 0.5) is 0 Å². The van der Waals surface area contributed by atoms with Gasteiger partial charge in [0.25, 0.3) is 0 Å². The first-order valence-corrected chi connectivity index (χ1v) is 6.67. The highest BCUT2D eigenvalue weighted by Crippen LogP contribution is 2.07. The van der Waals surface area contributed by atoms with Crippen LogP contribution in [-0.2, 0) is 10.0 Å². The van der Waals surface area contributed by atoms with Crippen molar-refractivity contribution in [2.45, 2.75) is 25.0 Å². The predicted molar refractivity (Wildman–Crippen MR) is 64.4 cm³/mol. The molecule has 5 heteroatoms. The molecule has 0 rings (SSSR count). The molecule has 0 saturated carbocycles. The van der Waals surface area contributed by atoms with Gasteiger partial charge in [-0.05, 0) is 26.8 Å². The van der Waals surface area contributed by atoms with E-state index in [0.29, 0.717) is 13.1 Å². The van der Waals surface area contributed by atoms with Gasteiger partial charge in [-0.3, -0.25) is 0 Å². The average molecular weight is 234 g/mol. The summed E-state index contributed by atoms with van der Waals surface area (Å²) in [4.78, 5) is 0. The maximum absolute atomic E-state index is 11.9. The standard InChI is InChI=1S/C10H22N2O2S/c1-5-6-7-8-12(4)15(13,14)10(2)9-11-3/h5,10-11H,1,6-9H2,2-4H3. The predicted octanol–water partition coefficient (Wildman–Crippen LogP) is 0.822. The van der Waals surface area contributed by atoms with Crippen molar-refractivity contribution in [1.29, 1.82) is 0 Å². The Bertz CT molecular complexity index is 275. The van der Waals surface area contributed by atoms with E-state index in [-0.39, 0.29) is 5.25 Å². The zero-order valence-electron chi connectivity index (χ0n) is 9.86. The molecule has 0 aliphatic heterocycles. The summed E-state index contributed by atoms with van der Waals surface area (Å²) in [6, 6.07) is 0. The molecular weight excluding hydrogens is 212 g/mol. The van der Waals surface area contributed by atoms with Gasteiger partial charge in [-0.15, -0.1) is 6.58 Å². The number of sulfonamides is 1. The molecule has 1 unspecified atom stereocenters. The highest BCUT2D eigenvalue weighted by molar-refractivity contribution is 7.89. The van der Waals surface area contributed by atoms with Crippen LogP contribution in [0.2, 0.25) is 0 Å². The van der Waals surface area contributed by atoms with Crippen molar-refractivity contribution in [3.8, 4) is 0 Å². The molecule has 0 fully saturated rings. The molecular formula is C10H22N2O2S. The van der Waals surface area contributed by atoms with Crippen molar-refractivity contribution in [2.75, 3.05) is 27.2 Å². The smallest absolute Gasteiger partial charge is 0.217 e. The van der Waals surface area contributed by atoms with Crippen LogP contribution in [-0.4, -0.2) is 45.2 Å². The van der Waals surface area contributed by atoms with E-state index >= 15 is 0 Å². The number of allylic oxidation sites excluding steroid dienone is 1. The van der Waals surface area contributed by atoms with E-state index in [1.165, 1.54) is 4.31 Å². The van der Waals surface area contributed by atoms with Gasteiger partial charge < -0.3 is 5.32 Å². The fraction of sp³-hybridized carbons (Fsp3) is 0.800. The zero-order valence-corrected chi connectivity index (χ0v) is 10.7. The molecule has 0 aromatic carbocycles. The number of unbranched alkanes of at least 4 members (excludes halogenated alkanes) is 1. The van der Waals surface area contributed by atoms with E-state index < -0.39 is 10.0 Å². The summed E-state index contributed by atoms with van der Waals surface area (Å²) in [5.74, 6) is 0. The van der Waals surface area contributed by atoms with Crippen molar-refractivity contribution < 1.29 is 8.42 Å². The third-order valence-corrected chi connectivity index (χ3v) is 4.55. The van der Waals surface area contributed by atoms with Crippen molar-refractivity contribution in [1.82, 2.24) is 9.62 Å². The maximum atomic E-state index is 11.9. The van der Waals surface area contributed by atoms with Crippen LogP contribution in [0.25, 0.3) is 0 Å². The molecule has 0 aromatic heterocycles. The number of rotatable bonds is 8. The highest BCUT2D eigenvalue weighted by atomic mass is 32.2. The van der Waals surface area contributed by atoms with E-state index in [2.05, 4.69) is 11.9 Å². The van der Waals surface area contributed by atoms with Gasteiger partial charge >= 0.3 is 0 Å². The lowest BCUT2D eigenvalue weighted by Gasteiger charge is -2.21. The van der Waals surface area contributed by atoms with Crippen molar-refractivity contribution in [3.63, 3.8) is 0 Å². The summed E-state index contributed by atoms with van der Waals surface area (Å²) < 4.78 is 25.2. The second-order valence-electron chi connectivity index (χ2n) is 3.67. The SMILES string of the molecule is C=CCCCN(C)S(=O)(=O)C(C)CNC. The molecule has 1 atom stereocenters. The maximum Gasteiger partial charge on any atom is 0.217 e. The lowest BCUT2D eigenvalue weighted by atomic mass is 10.3. The first-order valence-electron chi connectivity index (χ1n) is 5.17. The summed E-state index contributed by atoms with van der Waals surface area (Å²) in [5, 5.41) is 2.50. The Balaban J connectivity index is 4.25. The molecule has 0 aliphatic rings. The largest absolute Gasteiger partial charge is 0.318 e. The Morgan fingerprint density at radius 2 is 2.13 bits per heavy atom. The summed E-state index contributed by atoms with van der Waals surface area (Å²) in [5.41, 5.74) is 0. The Labute approximate surface area is 93.4 Å². The van der Waals surface area contributed by atoms with Crippen LogP contribution in [0.5, 0.6) is 0 Å². The minimum Gasteiger partial charge on any atom is -0.318 e.